The van der Waals surface area contributed by atoms with Crippen LogP contribution in [0.3, 0.4) is 0 Å². The molecule has 2 amide bonds. The number of benzene rings is 1. The van der Waals surface area contributed by atoms with Crippen LogP contribution in [-0.4, -0.2) is 29.3 Å². The molecular weight excluding hydrogens is 254 g/mol. The normalized spacial score (nSPS) is 19.3. The largest absolute Gasteiger partial charge is 0.368 e. The Morgan fingerprint density at radius 2 is 2.00 bits per heavy atom. The molecule has 5 heteroatoms. The van der Waals surface area contributed by atoms with E-state index in [-0.39, 0.29) is 11.8 Å². The van der Waals surface area contributed by atoms with Gasteiger partial charge >= 0.3 is 0 Å². The summed E-state index contributed by atoms with van der Waals surface area (Å²) in [5.74, 6) is -0.400. The molecule has 0 aliphatic carbocycles. The van der Waals surface area contributed by atoms with Crippen molar-refractivity contribution in [3.05, 3.63) is 35.4 Å². The fourth-order valence-corrected chi connectivity index (χ4v) is 2.54. The van der Waals surface area contributed by atoms with Crippen molar-refractivity contribution in [3.8, 4) is 0 Å². The maximum absolute atomic E-state index is 12.4. The molecule has 1 unspecified atom stereocenters. The molecule has 1 aromatic rings. The molecule has 5 nitrogen and oxygen atoms in total. The van der Waals surface area contributed by atoms with E-state index in [1.165, 1.54) is 0 Å². The van der Waals surface area contributed by atoms with Crippen molar-refractivity contribution in [3.63, 3.8) is 0 Å². The summed E-state index contributed by atoms with van der Waals surface area (Å²) in [4.78, 5) is 25.6. The van der Waals surface area contributed by atoms with Crippen molar-refractivity contribution in [1.29, 1.82) is 0 Å². The third-order valence-corrected chi connectivity index (χ3v) is 3.82. The van der Waals surface area contributed by atoms with Crippen LogP contribution in [0, 0.1) is 5.92 Å². The van der Waals surface area contributed by atoms with E-state index in [1.54, 1.807) is 4.90 Å². The Morgan fingerprint density at radius 3 is 2.60 bits per heavy atom. The van der Waals surface area contributed by atoms with Crippen LogP contribution in [0.2, 0.25) is 0 Å². The number of primary amides is 1. The average Bonchev–Trinajstić information content (AvgIpc) is 2.45. The minimum atomic E-state index is -0.553. The smallest absolute Gasteiger partial charge is 0.240 e. The van der Waals surface area contributed by atoms with Crippen LogP contribution in [0.25, 0.3) is 0 Å². The first kappa shape index (κ1) is 14.5. The third kappa shape index (κ3) is 2.99. The summed E-state index contributed by atoms with van der Waals surface area (Å²) in [6, 6.07) is 7.29. The molecule has 4 N–H and O–H groups in total. The number of carbonyl (C=O) groups excluding carboxylic acids is 2. The summed E-state index contributed by atoms with van der Waals surface area (Å²) in [7, 11) is 0. The molecule has 0 aromatic heterocycles. The summed E-state index contributed by atoms with van der Waals surface area (Å²) >= 11 is 0. The number of nitrogens with two attached hydrogens (primary N) is 2. The highest BCUT2D eigenvalue weighted by atomic mass is 16.2. The van der Waals surface area contributed by atoms with E-state index in [9.17, 15) is 9.59 Å². The van der Waals surface area contributed by atoms with Gasteiger partial charge in [0.2, 0.25) is 11.8 Å². The van der Waals surface area contributed by atoms with Gasteiger partial charge < -0.3 is 16.4 Å². The quantitative estimate of drug-likeness (QED) is 0.834. The lowest BCUT2D eigenvalue weighted by Gasteiger charge is -2.35. The van der Waals surface area contributed by atoms with Crippen molar-refractivity contribution in [2.75, 3.05) is 6.54 Å². The van der Waals surface area contributed by atoms with Gasteiger partial charge in [-0.3, -0.25) is 9.59 Å². The van der Waals surface area contributed by atoms with Crippen LogP contribution in [0.1, 0.15) is 24.5 Å². The minimum absolute atomic E-state index is 0.0544. The maximum Gasteiger partial charge on any atom is 0.240 e. The number of fused-ring (bicyclic) bond motifs is 1. The molecule has 0 bridgehead atoms. The summed E-state index contributed by atoms with van der Waals surface area (Å²) in [5.41, 5.74) is 13.2. The predicted octanol–water partition coefficient (Wildman–Crippen LogP) is 0.410. The highest BCUT2D eigenvalue weighted by Crippen LogP contribution is 2.24. The monoisotopic (exact) mass is 275 g/mol. The van der Waals surface area contributed by atoms with Gasteiger partial charge in [-0.15, -0.1) is 0 Å². The van der Waals surface area contributed by atoms with Gasteiger partial charge in [0.05, 0.1) is 0 Å². The van der Waals surface area contributed by atoms with E-state index in [1.807, 2.05) is 31.2 Å². The number of amides is 2. The zero-order chi connectivity index (χ0) is 14.7. The van der Waals surface area contributed by atoms with Crippen LogP contribution < -0.4 is 11.5 Å². The Bertz CT molecular complexity index is 516. The zero-order valence-electron chi connectivity index (χ0n) is 11.7. The van der Waals surface area contributed by atoms with E-state index in [0.29, 0.717) is 25.9 Å². The van der Waals surface area contributed by atoms with Crippen molar-refractivity contribution < 1.29 is 9.59 Å². The van der Waals surface area contributed by atoms with Gasteiger partial charge in [0.25, 0.3) is 0 Å². The fourth-order valence-electron chi connectivity index (χ4n) is 2.54. The summed E-state index contributed by atoms with van der Waals surface area (Å²) in [6.45, 7) is 2.83. The molecule has 0 fully saturated rings. The zero-order valence-corrected chi connectivity index (χ0v) is 11.7. The number of nitrogens with zero attached hydrogens (tertiary/aromatic N) is 1. The summed E-state index contributed by atoms with van der Waals surface area (Å²) in [6.07, 6.45) is 0.844. The first-order chi connectivity index (χ1) is 9.52. The van der Waals surface area contributed by atoms with Gasteiger partial charge in [-0.05, 0) is 23.6 Å². The molecule has 0 saturated carbocycles. The highest BCUT2D eigenvalue weighted by molar-refractivity contribution is 5.87. The topological polar surface area (TPSA) is 89.4 Å². The molecular formula is C15H21N3O2. The Morgan fingerprint density at radius 1 is 1.35 bits per heavy atom. The standard InChI is InChI=1S/C15H21N3O2/c1-10(8-16)6-14(19)18-9-12-5-3-2-4-11(12)7-13(18)15(17)20/h2-5,10,13H,6-9,16H2,1H3,(H2,17,20)/t10?,13-/m0/s1. The van der Waals surface area contributed by atoms with Gasteiger partial charge in [0, 0.05) is 19.4 Å². The Balaban J connectivity index is 2.22. The molecule has 2 rings (SSSR count). The van der Waals surface area contributed by atoms with Gasteiger partial charge in [-0.1, -0.05) is 31.2 Å². The Hall–Kier alpha value is -1.88. The molecule has 1 heterocycles. The van der Waals surface area contributed by atoms with Crippen molar-refractivity contribution in [2.45, 2.75) is 32.4 Å². The number of carbonyl (C=O) groups is 2. The first-order valence-electron chi connectivity index (χ1n) is 6.88. The van der Waals surface area contributed by atoms with Crippen LogP contribution in [-0.2, 0) is 22.6 Å². The van der Waals surface area contributed by atoms with Crippen LogP contribution >= 0.6 is 0 Å². The van der Waals surface area contributed by atoms with E-state index in [2.05, 4.69) is 0 Å². The molecule has 0 saturated heterocycles. The molecule has 1 aliphatic heterocycles. The van der Waals surface area contributed by atoms with Crippen molar-refractivity contribution in [1.82, 2.24) is 4.90 Å². The molecule has 2 atom stereocenters. The van der Waals surface area contributed by atoms with Crippen molar-refractivity contribution in [2.24, 2.45) is 17.4 Å². The summed E-state index contributed by atoms with van der Waals surface area (Å²) in [5, 5.41) is 0. The van der Waals surface area contributed by atoms with Gasteiger partial charge in [-0.2, -0.15) is 0 Å². The third-order valence-electron chi connectivity index (χ3n) is 3.82. The molecule has 108 valence electrons. The Labute approximate surface area is 118 Å². The van der Waals surface area contributed by atoms with Crippen molar-refractivity contribution >= 4 is 11.8 Å². The second-order valence-electron chi connectivity index (χ2n) is 5.46. The maximum atomic E-state index is 12.4. The average molecular weight is 275 g/mol. The molecule has 1 aliphatic rings. The lowest BCUT2D eigenvalue weighted by Crippen LogP contribution is -2.51. The van der Waals surface area contributed by atoms with Gasteiger partial charge in [0.15, 0.2) is 0 Å². The van der Waals surface area contributed by atoms with E-state index in [0.717, 1.165) is 11.1 Å². The van der Waals surface area contributed by atoms with E-state index in [4.69, 9.17) is 11.5 Å². The fraction of sp³-hybridized carbons (Fsp3) is 0.467. The minimum Gasteiger partial charge on any atom is -0.368 e. The van der Waals surface area contributed by atoms with E-state index >= 15 is 0 Å². The predicted molar refractivity (Wildman–Crippen MR) is 76.5 cm³/mol. The SMILES string of the molecule is CC(CN)CC(=O)N1Cc2ccccc2C[C@H]1C(N)=O. The molecule has 0 radical (unpaired) electrons. The highest BCUT2D eigenvalue weighted by Gasteiger charge is 2.33. The lowest BCUT2D eigenvalue weighted by atomic mass is 9.92. The number of hydrogen-bond donors (Lipinski definition) is 2. The molecule has 1 aromatic carbocycles. The molecule has 20 heavy (non-hydrogen) atoms. The van der Waals surface area contributed by atoms with Crippen LogP contribution in [0.15, 0.2) is 24.3 Å². The lowest BCUT2D eigenvalue weighted by molar-refractivity contribution is -0.141. The number of hydrogen-bond acceptors (Lipinski definition) is 3. The van der Waals surface area contributed by atoms with Gasteiger partial charge in [0.1, 0.15) is 6.04 Å². The van der Waals surface area contributed by atoms with Gasteiger partial charge in [-0.25, -0.2) is 0 Å². The number of rotatable bonds is 4. The van der Waals surface area contributed by atoms with Crippen LogP contribution in [0.4, 0.5) is 0 Å². The molecule has 0 spiro atoms. The Kier molecular flexibility index (Phi) is 4.39. The first-order valence-corrected chi connectivity index (χ1v) is 6.88. The second kappa shape index (κ2) is 6.05. The van der Waals surface area contributed by atoms with E-state index < -0.39 is 11.9 Å². The summed E-state index contributed by atoms with van der Waals surface area (Å²) < 4.78 is 0. The van der Waals surface area contributed by atoms with Crippen LogP contribution in [0.5, 0.6) is 0 Å². The second-order valence-corrected chi connectivity index (χ2v) is 5.46.